The summed E-state index contributed by atoms with van der Waals surface area (Å²) < 4.78 is 20.6. The van der Waals surface area contributed by atoms with Gasteiger partial charge in [-0.1, -0.05) is 24.3 Å². The maximum absolute atomic E-state index is 12.1. The van der Waals surface area contributed by atoms with Crippen molar-refractivity contribution in [1.82, 2.24) is 0 Å². The lowest BCUT2D eigenvalue weighted by Gasteiger charge is -2.24. The summed E-state index contributed by atoms with van der Waals surface area (Å²) in [6.45, 7) is -0.543. The van der Waals surface area contributed by atoms with Gasteiger partial charge in [0, 0.05) is 0 Å². The number of esters is 2. The number of benzene rings is 2. The van der Waals surface area contributed by atoms with Crippen LogP contribution in [0.25, 0.3) is 0 Å². The van der Waals surface area contributed by atoms with Crippen LogP contribution >= 0.6 is 0 Å². The Hall–Kier alpha value is -3.55. The van der Waals surface area contributed by atoms with E-state index in [0.29, 0.717) is 11.5 Å². The van der Waals surface area contributed by atoms with Gasteiger partial charge in [-0.3, -0.25) is 4.79 Å². The third-order valence-electron chi connectivity index (χ3n) is 3.72. The second-order valence-corrected chi connectivity index (χ2v) is 5.56. The highest BCUT2D eigenvalue weighted by Crippen LogP contribution is 2.31. The van der Waals surface area contributed by atoms with E-state index in [2.05, 4.69) is 10.1 Å². The molecule has 0 aliphatic carbocycles. The Bertz CT molecular complexity index is 865. The van der Waals surface area contributed by atoms with E-state index in [4.69, 9.17) is 14.2 Å². The molecule has 1 atom stereocenters. The molecular formula is C19H17NO7. The van der Waals surface area contributed by atoms with Gasteiger partial charge in [0.1, 0.15) is 6.61 Å². The van der Waals surface area contributed by atoms with E-state index in [9.17, 15) is 14.4 Å². The predicted molar refractivity (Wildman–Crippen MR) is 93.7 cm³/mol. The van der Waals surface area contributed by atoms with Crippen LogP contribution in [0.5, 0.6) is 11.5 Å². The average Bonchev–Trinajstić information content (AvgIpc) is 2.71. The van der Waals surface area contributed by atoms with Crippen molar-refractivity contribution in [3.05, 3.63) is 54.1 Å². The van der Waals surface area contributed by atoms with Crippen molar-refractivity contribution in [1.29, 1.82) is 0 Å². The predicted octanol–water partition coefficient (Wildman–Crippen LogP) is 1.79. The highest BCUT2D eigenvalue weighted by Gasteiger charge is 2.29. The third kappa shape index (κ3) is 4.35. The molecule has 140 valence electrons. The molecule has 0 fully saturated rings. The Labute approximate surface area is 155 Å². The number of rotatable bonds is 5. The molecule has 0 spiro atoms. The minimum atomic E-state index is -0.963. The molecule has 0 saturated heterocycles. The van der Waals surface area contributed by atoms with Crippen LogP contribution in [-0.4, -0.2) is 44.3 Å². The minimum absolute atomic E-state index is 0.0113. The van der Waals surface area contributed by atoms with Crippen LogP contribution in [-0.2, 0) is 19.1 Å². The Morgan fingerprint density at radius 2 is 1.78 bits per heavy atom. The standard InChI is InChI=1S/C19H17NO7/c1-24-18(22)12-6-2-3-7-13(12)20-17(21)11-26-19(23)16-10-25-14-8-4-5-9-15(14)27-16/h2-9,16H,10-11H2,1H3,(H,20,21)/t16-/m0/s1. The highest BCUT2D eigenvalue weighted by atomic mass is 16.6. The number of hydrogen-bond donors (Lipinski definition) is 1. The summed E-state index contributed by atoms with van der Waals surface area (Å²) >= 11 is 0. The van der Waals surface area contributed by atoms with Crippen LogP contribution in [0.2, 0.25) is 0 Å². The molecule has 0 radical (unpaired) electrons. The van der Waals surface area contributed by atoms with E-state index in [-0.39, 0.29) is 17.9 Å². The summed E-state index contributed by atoms with van der Waals surface area (Å²) in [4.78, 5) is 35.9. The Kier molecular flexibility index (Phi) is 5.55. The first-order chi connectivity index (χ1) is 13.1. The van der Waals surface area contributed by atoms with Crippen LogP contribution in [0.4, 0.5) is 5.69 Å². The molecule has 8 heteroatoms. The molecule has 0 bridgehead atoms. The Morgan fingerprint density at radius 3 is 2.56 bits per heavy atom. The van der Waals surface area contributed by atoms with Gasteiger partial charge in [0.15, 0.2) is 18.1 Å². The molecule has 1 aliphatic rings. The zero-order valence-electron chi connectivity index (χ0n) is 14.5. The topological polar surface area (TPSA) is 100 Å². The van der Waals surface area contributed by atoms with Crippen LogP contribution in [0, 0.1) is 0 Å². The van der Waals surface area contributed by atoms with Gasteiger partial charge in [0.25, 0.3) is 5.91 Å². The summed E-state index contributed by atoms with van der Waals surface area (Å²) in [6.07, 6.45) is -0.963. The summed E-state index contributed by atoms with van der Waals surface area (Å²) in [7, 11) is 1.24. The lowest BCUT2D eigenvalue weighted by Crippen LogP contribution is -2.39. The first-order valence-electron chi connectivity index (χ1n) is 8.11. The van der Waals surface area contributed by atoms with Gasteiger partial charge in [0.05, 0.1) is 18.4 Å². The van der Waals surface area contributed by atoms with E-state index in [0.717, 1.165) is 0 Å². The smallest absolute Gasteiger partial charge is 0.351 e. The van der Waals surface area contributed by atoms with E-state index >= 15 is 0 Å². The number of nitrogens with one attached hydrogen (secondary N) is 1. The molecule has 27 heavy (non-hydrogen) atoms. The van der Waals surface area contributed by atoms with Crippen LogP contribution in [0.3, 0.4) is 0 Å². The fourth-order valence-corrected chi connectivity index (χ4v) is 2.43. The van der Waals surface area contributed by atoms with Crippen LogP contribution < -0.4 is 14.8 Å². The normalized spacial score (nSPS) is 14.8. The summed E-state index contributed by atoms with van der Waals surface area (Å²) in [5, 5.41) is 2.51. The third-order valence-corrected chi connectivity index (χ3v) is 3.72. The molecule has 0 unspecified atom stereocenters. The number of anilines is 1. The summed E-state index contributed by atoms with van der Waals surface area (Å²) in [5.41, 5.74) is 0.455. The van der Waals surface area contributed by atoms with Crippen molar-refractivity contribution in [2.24, 2.45) is 0 Å². The number of amides is 1. The Morgan fingerprint density at radius 1 is 1.07 bits per heavy atom. The fraction of sp³-hybridized carbons (Fsp3) is 0.211. The van der Waals surface area contributed by atoms with Gasteiger partial charge in [-0.05, 0) is 24.3 Å². The molecular weight excluding hydrogens is 354 g/mol. The molecule has 1 amide bonds. The zero-order valence-corrected chi connectivity index (χ0v) is 14.5. The molecule has 1 aliphatic heterocycles. The lowest BCUT2D eigenvalue weighted by molar-refractivity contribution is -0.156. The fourth-order valence-electron chi connectivity index (χ4n) is 2.43. The van der Waals surface area contributed by atoms with Gasteiger partial charge < -0.3 is 24.3 Å². The van der Waals surface area contributed by atoms with Gasteiger partial charge in [0.2, 0.25) is 6.10 Å². The van der Waals surface area contributed by atoms with Crippen LogP contribution in [0.15, 0.2) is 48.5 Å². The number of para-hydroxylation sites is 3. The van der Waals surface area contributed by atoms with Gasteiger partial charge in [-0.15, -0.1) is 0 Å². The average molecular weight is 371 g/mol. The molecule has 2 aromatic carbocycles. The number of carbonyl (C=O) groups is 3. The molecule has 1 heterocycles. The van der Waals surface area contributed by atoms with Gasteiger partial charge in [-0.2, -0.15) is 0 Å². The molecule has 0 aromatic heterocycles. The number of carbonyl (C=O) groups excluding carboxylic acids is 3. The van der Waals surface area contributed by atoms with Crippen molar-refractivity contribution >= 4 is 23.5 Å². The number of fused-ring (bicyclic) bond motifs is 1. The molecule has 2 aromatic rings. The van der Waals surface area contributed by atoms with E-state index in [1.807, 2.05) is 0 Å². The SMILES string of the molecule is COC(=O)c1ccccc1NC(=O)COC(=O)[C@@H]1COc2ccccc2O1. The summed E-state index contributed by atoms with van der Waals surface area (Å²) in [6, 6.07) is 13.3. The highest BCUT2D eigenvalue weighted by molar-refractivity contribution is 6.01. The summed E-state index contributed by atoms with van der Waals surface area (Å²) in [5.74, 6) is -0.937. The molecule has 0 saturated carbocycles. The van der Waals surface area contributed by atoms with Crippen molar-refractivity contribution in [3.8, 4) is 11.5 Å². The first-order valence-corrected chi connectivity index (χ1v) is 8.11. The minimum Gasteiger partial charge on any atom is -0.485 e. The van der Waals surface area contributed by atoms with E-state index < -0.39 is 30.6 Å². The van der Waals surface area contributed by atoms with Crippen molar-refractivity contribution in [2.75, 3.05) is 25.6 Å². The van der Waals surface area contributed by atoms with E-state index in [1.54, 1.807) is 42.5 Å². The number of hydrogen-bond acceptors (Lipinski definition) is 7. The second kappa shape index (κ2) is 8.22. The second-order valence-electron chi connectivity index (χ2n) is 5.56. The quantitative estimate of drug-likeness (QED) is 0.800. The monoisotopic (exact) mass is 371 g/mol. The number of ether oxygens (including phenoxy) is 4. The van der Waals surface area contributed by atoms with Gasteiger partial charge in [-0.25, -0.2) is 9.59 Å². The molecule has 1 N–H and O–H groups in total. The molecule has 3 rings (SSSR count). The Balaban J connectivity index is 1.54. The zero-order chi connectivity index (χ0) is 19.2. The van der Waals surface area contributed by atoms with Crippen LogP contribution in [0.1, 0.15) is 10.4 Å². The first kappa shape index (κ1) is 18.2. The number of methoxy groups -OCH3 is 1. The maximum atomic E-state index is 12.1. The molecule has 8 nitrogen and oxygen atoms in total. The van der Waals surface area contributed by atoms with E-state index in [1.165, 1.54) is 13.2 Å². The van der Waals surface area contributed by atoms with Crippen molar-refractivity contribution in [2.45, 2.75) is 6.10 Å². The maximum Gasteiger partial charge on any atom is 0.351 e. The van der Waals surface area contributed by atoms with Crippen molar-refractivity contribution in [3.63, 3.8) is 0 Å². The van der Waals surface area contributed by atoms with Crippen molar-refractivity contribution < 1.29 is 33.3 Å². The van der Waals surface area contributed by atoms with Gasteiger partial charge >= 0.3 is 11.9 Å². The largest absolute Gasteiger partial charge is 0.485 e. The lowest BCUT2D eigenvalue weighted by atomic mass is 10.2.